The second-order valence-electron chi connectivity index (χ2n) is 5.54. The van der Waals surface area contributed by atoms with Crippen LogP contribution in [0.3, 0.4) is 0 Å². The van der Waals surface area contributed by atoms with Gasteiger partial charge in [-0.2, -0.15) is 0 Å². The highest BCUT2D eigenvalue weighted by Crippen LogP contribution is 2.10. The Morgan fingerprint density at radius 3 is 2.28 bits per heavy atom. The number of hydrogen-bond acceptors (Lipinski definition) is 5. The summed E-state index contributed by atoms with van der Waals surface area (Å²) in [6.07, 6.45) is 0.845. The van der Waals surface area contributed by atoms with E-state index in [9.17, 15) is 22.8 Å². The standard InChI is InChI=1S/C15H19ClN2O6S/c1-18(9-13(19)20)15(22)12(7-8-25(2,23)24)17-14(21)10-3-5-11(16)6-4-10/h3-6,12H,7-9H2,1-2H3,(H,17,21)(H,19,20). The molecule has 0 radical (unpaired) electrons. The van der Waals surface area contributed by atoms with Crippen molar-refractivity contribution in [1.82, 2.24) is 10.2 Å². The zero-order chi connectivity index (χ0) is 19.2. The number of benzene rings is 1. The number of carbonyl (C=O) groups is 3. The number of nitrogens with zero attached hydrogens (tertiary/aromatic N) is 1. The average molecular weight is 391 g/mol. The second kappa shape index (κ2) is 8.82. The first kappa shape index (κ1) is 20.9. The third-order valence-electron chi connectivity index (χ3n) is 3.24. The maximum absolute atomic E-state index is 12.3. The van der Waals surface area contributed by atoms with Crippen LogP contribution >= 0.6 is 11.6 Å². The number of nitrogens with one attached hydrogen (secondary N) is 1. The molecule has 1 rings (SSSR count). The van der Waals surface area contributed by atoms with Crippen LogP contribution in [0.5, 0.6) is 0 Å². The summed E-state index contributed by atoms with van der Waals surface area (Å²) in [5.41, 5.74) is 0.238. The summed E-state index contributed by atoms with van der Waals surface area (Å²) in [4.78, 5) is 36.3. The summed E-state index contributed by atoms with van der Waals surface area (Å²) in [6, 6.07) is 4.75. The molecule has 8 nitrogen and oxygen atoms in total. The van der Waals surface area contributed by atoms with Crippen LogP contribution in [0.2, 0.25) is 5.02 Å². The maximum atomic E-state index is 12.3. The fourth-order valence-corrected chi connectivity index (χ4v) is 2.77. The molecule has 0 aliphatic rings. The molecule has 138 valence electrons. The molecule has 0 saturated heterocycles. The van der Waals surface area contributed by atoms with Crippen LogP contribution in [-0.2, 0) is 19.4 Å². The van der Waals surface area contributed by atoms with Crippen molar-refractivity contribution in [3.8, 4) is 0 Å². The Balaban J connectivity index is 2.92. The lowest BCUT2D eigenvalue weighted by Crippen LogP contribution is -2.49. The molecule has 2 N–H and O–H groups in total. The largest absolute Gasteiger partial charge is 0.480 e. The van der Waals surface area contributed by atoms with Crippen molar-refractivity contribution < 1.29 is 27.9 Å². The Morgan fingerprint density at radius 1 is 1.24 bits per heavy atom. The maximum Gasteiger partial charge on any atom is 0.323 e. The van der Waals surface area contributed by atoms with Crippen molar-refractivity contribution in [2.45, 2.75) is 12.5 Å². The summed E-state index contributed by atoms with van der Waals surface area (Å²) < 4.78 is 22.7. The van der Waals surface area contributed by atoms with Crippen molar-refractivity contribution in [2.75, 3.05) is 25.6 Å². The Bertz CT molecular complexity index is 748. The minimum Gasteiger partial charge on any atom is -0.480 e. The summed E-state index contributed by atoms with van der Waals surface area (Å²) >= 11 is 5.75. The molecule has 0 spiro atoms. The van der Waals surface area contributed by atoms with Crippen LogP contribution in [0.1, 0.15) is 16.8 Å². The van der Waals surface area contributed by atoms with Gasteiger partial charge in [-0.3, -0.25) is 14.4 Å². The van der Waals surface area contributed by atoms with Gasteiger partial charge >= 0.3 is 5.97 Å². The smallest absolute Gasteiger partial charge is 0.323 e. The molecule has 1 unspecified atom stereocenters. The van der Waals surface area contributed by atoms with Crippen LogP contribution in [0, 0.1) is 0 Å². The van der Waals surface area contributed by atoms with Gasteiger partial charge in [0.15, 0.2) is 0 Å². The SMILES string of the molecule is CN(CC(=O)O)C(=O)C(CCS(C)(=O)=O)NC(=O)c1ccc(Cl)cc1. The van der Waals surface area contributed by atoms with Gasteiger partial charge in [0.2, 0.25) is 5.91 Å². The van der Waals surface area contributed by atoms with Gasteiger partial charge < -0.3 is 15.3 Å². The number of carboxylic acid groups (broad SMARTS) is 1. The van der Waals surface area contributed by atoms with E-state index in [0.717, 1.165) is 11.2 Å². The first-order valence-corrected chi connectivity index (χ1v) is 9.64. The van der Waals surface area contributed by atoms with E-state index < -0.39 is 40.2 Å². The topological polar surface area (TPSA) is 121 Å². The first-order valence-electron chi connectivity index (χ1n) is 7.20. The predicted molar refractivity (Wildman–Crippen MR) is 92.3 cm³/mol. The molecule has 25 heavy (non-hydrogen) atoms. The molecule has 1 aromatic carbocycles. The van der Waals surface area contributed by atoms with Crippen LogP contribution < -0.4 is 5.32 Å². The van der Waals surface area contributed by atoms with Crippen molar-refractivity contribution >= 4 is 39.2 Å². The van der Waals surface area contributed by atoms with Crippen LogP contribution in [0.25, 0.3) is 0 Å². The molecule has 0 heterocycles. The number of aliphatic carboxylic acids is 1. The number of amides is 2. The number of carbonyl (C=O) groups excluding carboxylic acids is 2. The molecular formula is C15H19ClN2O6S. The van der Waals surface area contributed by atoms with E-state index in [1.807, 2.05) is 0 Å². The zero-order valence-corrected chi connectivity index (χ0v) is 15.3. The molecule has 0 aliphatic carbocycles. The van der Waals surface area contributed by atoms with Crippen LogP contribution in [0.15, 0.2) is 24.3 Å². The third kappa shape index (κ3) is 7.53. The first-order chi connectivity index (χ1) is 11.5. The number of rotatable bonds is 8. The normalized spacial score (nSPS) is 12.3. The number of likely N-dealkylation sites (N-methyl/N-ethyl adjacent to an activating group) is 1. The Labute approximate surface area is 150 Å². The van der Waals surface area contributed by atoms with Crippen LogP contribution in [-0.4, -0.2) is 67.9 Å². The van der Waals surface area contributed by atoms with E-state index in [4.69, 9.17) is 16.7 Å². The molecule has 10 heteroatoms. The minimum absolute atomic E-state index is 0.166. The Morgan fingerprint density at radius 2 is 1.80 bits per heavy atom. The fourth-order valence-electron chi connectivity index (χ4n) is 1.98. The highest BCUT2D eigenvalue weighted by Gasteiger charge is 2.26. The van der Waals surface area contributed by atoms with E-state index in [2.05, 4.69) is 5.32 Å². The molecule has 1 aromatic rings. The van der Waals surface area contributed by atoms with E-state index in [0.29, 0.717) is 5.02 Å². The quantitative estimate of drug-likeness (QED) is 0.663. The van der Waals surface area contributed by atoms with Crippen molar-refractivity contribution in [3.05, 3.63) is 34.9 Å². The molecule has 0 saturated carbocycles. The number of carboxylic acids is 1. The van der Waals surface area contributed by atoms with Crippen molar-refractivity contribution in [2.24, 2.45) is 0 Å². The molecule has 0 fully saturated rings. The summed E-state index contributed by atoms with van der Waals surface area (Å²) in [6.45, 7) is -0.564. The molecule has 0 bridgehead atoms. The van der Waals surface area contributed by atoms with Gasteiger partial charge in [0.25, 0.3) is 5.91 Å². The predicted octanol–water partition coefficient (Wildman–Crippen LogP) is 0.416. The summed E-state index contributed by atoms with van der Waals surface area (Å²) in [7, 11) is -2.10. The fraction of sp³-hybridized carbons (Fsp3) is 0.400. The zero-order valence-electron chi connectivity index (χ0n) is 13.7. The third-order valence-corrected chi connectivity index (χ3v) is 4.47. The Hall–Kier alpha value is -2.13. The molecule has 0 aromatic heterocycles. The highest BCUT2D eigenvalue weighted by molar-refractivity contribution is 7.90. The van der Waals surface area contributed by atoms with Gasteiger partial charge in [-0.05, 0) is 30.7 Å². The lowest BCUT2D eigenvalue weighted by molar-refractivity contribution is -0.144. The highest BCUT2D eigenvalue weighted by atomic mass is 35.5. The van der Waals surface area contributed by atoms with Gasteiger partial charge in [0.05, 0.1) is 5.75 Å². The summed E-state index contributed by atoms with van der Waals surface area (Å²) in [5, 5.41) is 11.7. The molecule has 1 atom stereocenters. The van der Waals surface area contributed by atoms with Crippen molar-refractivity contribution in [3.63, 3.8) is 0 Å². The second-order valence-corrected chi connectivity index (χ2v) is 8.24. The molecular weight excluding hydrogens is 372 g/mol. The van der Waals surface area contributed by atoms with Gasteiger partial charge in [-0.15, -0.1) is 0 Å². The van der Waals surface area contributed by atoms with Gasteiger partial charge in [0.1, 0.15) is 22.4 Å². The van der Waals surface area contributed by atoms with E-state index in [1.165, 1.54) is 31.3 Å². The van der Waals surface area contributed by atoms with Crippen molar-refractivity contribution in [1.29, 1.82) is 0 Å². The monoisotopic (exact) mass is 390 g/mol. The number of halogens is 1. The molecule has 0 aliphatic heterocycles. The van der Waals surface area contributed by atoms with E-state index in [1.54, 1.807) is 0 Å². The lowest BCUT2D eigenvalue weighted by atomic mass is 10.1. The van der Waals surface area contributed by atoms with E-state index in [-0.39, 0.29) is 17.7 Å². The van der Waals surface area contributed by atoms with Gasteiger partial charge in [-0.25, -0.2) is 8.42 Å². The van der Waals surface area contributed by atoms with Gasteiger partial charge in [0, 0.05) is 23.9 Å². The number of hydrogen-bond donors (Lipinski definition) is 2. The van der Waals surface area contributed by atoms with Gasteiger partial charge in [-0.1, -0.05) is 11.6 Å². The Kier molecular flexibility index (Phi) is 7.38. The average Bonchev–Trinajstić information content (AvgIpc) is 2.49. The van der Waals surface area contributed by atoms with E-state index >= 15 is 0 Å². The summed E-state index contributed by atoms with van der Waals surface area (Å²) in [5.74, 6) is -2.83. The number of sulfone groups is 1. The lowest BCUT2D eigenvalue weighted by Gasteiger charge is -2.23. The molecule has 2 amide bonds. The van der Waals surface area contributed by atoms with Crippen LogP contribution in [0.4, 0.5) is 0 Å². The minimum atomic E-state index is -3.36.